The number of carbonyl (C=O) groups excluding carboxylic acids is 1. The van der Waals surface area contributed by atoms with Crippen LogP contribution in [0.1, 0.15) is 20.7 Å². The summed E-state index contributed by atoms with van der Waals surface area (Å²) in [6.07, 6.45) is 1.42. The molecular formula is C13H8BrClN2O3. The highest BCUT2D eigenvalue weighted by atomic mass is 79.9. The van der Waals surface area contributed by atoms with Gasteiger partial charge in [-0.1, -0.05) is 11.6 Å². The lowest BCUT2D eigenvalue weighted by molar-refractivity contribution is 0.0697. The lowest BCUT2D eigenvalue weighted by atomic mass is 10.2. The minimum absolute atomic E-state index is 0.0185. The van der Waals surface area contributed by atoms with Gasteiger partial charge in [-0.15, -0.1) is 0 Å². The predicted molar refractivity (Wildman–Crippen MR) is 78.3 cm³/mol. The molecule has 0 atom stereocenters. The van der Waals surface area contributed by atoms with Crippen LogP contribution >= 0.6 is 27.5 Å². The van der Waals surface area contributed by atoms with Crippen molar-refractivity contribution in [1.29, 1.82) is 0 Å². The molecule has 0 aliphatic heterocycles. The maximum Gasteiger partial charge on any atom is 0.337 e. The van der Waals surface area contributed by atoms with Crippen molar-refractivity contribution < 1.29 is 14.7 Å². The van der Waals surface area contributed by atoms with Crippen molar-refractivity contribution in [2.75, 3.05) is 5.32 Å². The molecule has 7 heteroatoms. The van der Waals surface area contributed by atoms with Crippen molar-refractivity contribution >= 4 is 45.1 Å². The van der Waals surface area contributed by atoms with E-state index in [4.69, 9.17) is 16.7 Å². The molecule has 20 heavy (non-hydrogen) atoms. The van der Waals surface area contributed by atoms with Gasteiger partial charge in [0.25, 0.3) is 5.91 Å². The zero-order valence-corrected chi connectivity index (χ0v) is 12.3. The van der Waals surface area contributed by atoms with E-state index in [1.165, 1.54) is 24.4 Å². The summed E-state index contributed by atoms with van der Waals surface area (Å²) in [6.45, 7) is 0. The van der Waals surface area contributed by atoms with Gasteiger partial charge in [0, 0.05) is 11.9 Å². The number of amides is 1. The number of nitrogens with zero attached hydrogens (tertiary/aromatic N) is 1. The van der Waals surface area contributed by atoms with E-state index in [-0.39, 0.29) is 16.5 Å². The van der Waals surface area contributed by atoms with Gasteiger partial charge in [0.15, 0.2) is 0 Å². The number of carboxylic acids is 1. The van der Waals surface area contributed by atoms with E-state index in [1.54, 1.807) is 12.1 Å². The lowest BCUT2D eigenvalue weighted by Crippen LogP contribution is -2.12. The van der Waals surface area contributed by atoms with Crippen molar-refractivity contribution in [1.82, 2.24) is 4.98 Å². The molecule has 1 amide bonds. The van der Waals surface area contributed by atoms with Crippen LogP contribution in [0.5, 0.6) is 0 Å². The molecule has 1 heterocycles. The van der Waals surface area contributed by atoms with E-state index in [0.29, 0.717) is 15.9 Å². The van der Waals surface area contributed by atoms with Crippen LogP contribution in [0.2, 0.25) is 5.02 Å². The molecule has 0 radical (unpaired) electrons. The number of aromatic nitrogens is 1. The Labute approximate surface area is 127 Å². The number of rotatable bonds is 3. The molecule has 0 fully saturated rings. The first-order valence-electron chi connectivity index (χ1n) is 5.43. The van der Waals surface area contributed by atoms with E-state index in [9.17, 15) is 9.59 Å². The molecule has 2 N–H and O–H groups in total. The molecule has 0 saturated heterocycles. The SMILES string of the molecule is O=C(Nc1ccc(C(=O)O)c(Cl)c1)c1ccc(Br)nc1. The summed E-state index contributed by atoms with van der Waals surface area (Å²) in [4.78, 5) is 26.7. The molecular weight excluding hydrogens is 348 g/mol. The minimum Gasteiger partial charge on any atom is -0.478 e. The molecule has 1 aromatic carbocycles. The molecule has 2 rings (SSSR count). The topological polar surface area (TPSA) is 79.3 Å². The fraction of sp³-hybridized carbons (Fsp3) is 0. The minimum atomic E-state index is -1.12. The molecule has 0 bridgehead atoms. The highest BCUT2D eigenvalue weighted by molar-refractivity contribution is 9.10. The van der Waals surface area contributed by atoms with Crippen molar-refractivity contribution in [2.45, 2.75) is 0 Å². The summed E-state index contributed by atoms with van der Waals surface area (Å²) in [6, 6.07) is 7.45. The summed E-state index contributed by atoms with van der Waals surface area (Å²) >= 11 is 9.00. The number of pyridine rings is 1. The van der Waals surface area contributed by atoms with Crippen molar-refractivity contribution in [3.63, 3.8) is 0 Å². The third-order valence-corrected chi connectivity index (χ3v) is 3.23. The normalized spacial score (nSPS) is 10.1. The van der Waals surface area contributed by atoms with Gasteiger partial charge in [-0.05, 0) is 46.3 Å². The van der Waals surface area contributed by atoms with Crippen LogP contribution in [0.4, 0.5) is 5.69 Å². The van der Waals surface area contributed by atoms with E-state index in [2.05, 4.69) is 26.2 Å². The zero-order valence-electron chi connectivity index (χ0n) is 9.93. The third-order valence-electron chi connectivity index (χ3n) is 2.45. The Morgan fingerprint density at radius 1 is 1.25 bits per heavy atom. The molecule has 0 spiro atoms. The molecule has 0 saturated carbocycles. The summed E-state index contributed by atoms with van der Waals surface area (Å²) in [7, 11) is 0. The number of hydrogen-bond donors (Lipinski definition) is 2. The fourth-order valence-electron chi connectivity index (χ4n) is 1.48. The van der Waals surface area contributed by atoms with Crippen LogP contribution in [-0.4, -0.2) is 22.0 Å². The molecule has 0 unspecified atom stereocenters. The second-order valence-corrected chi connectivity index (χ2v) is 5.04. The largest absolute Gasteiger partial charge is 0.478 e. The van der Waals surface area contributed by atoms with Crippen molar-refractivity contribution in [2.24, 2.45) is 0 Å². The average molecular weight is 356 g/mol. The number of nitrogens with one attached hydrogen (secondary N) is 1. The average Bonchev–Trinajstić information content (AvgIpc) is 2.39. The van der Waals surface area contributed by atoms with Gasteiger partial charge < -0.3 is 10.4 Å². The number of halogens is 2. The Morgan fingerprint density at radius 2 is 2.00 bits per heavy atom. The van der Waals surface area contributed by atoms with Gasteiger partial charge in [-0.25, -0.2) is 9.78 Å². The Kier molecular flexibility index (Phi) is 4.36. The fourth-order valence-corrected chi connectivity index (χ4v) is 1.98. The van der Waals surface area contributed by atoms with Crippen LogP contribution in [0.25, 0.3) is 0 Å². The van der Waals surface area contributed by atoms with Gasteiger partial charge in [-0.2, -0.15) is 0 Å². The van der Waals surface area contributed by atoms with E-state index in [1.807, 2.05) is 0 Å². The van der Waals surface area contributed by atoms with Crippen LogP contribution < -0.4 is 5.32 Å². The molecule has 0 aliphatic carbocycles. The highest BCUT2D eigenvalue weighted by Gasteiger charge is 2.11. The maximum atomic E-state index is 11.9. The second-order valence-electron chi connectivity index (χ2n) is 3.82. The quantitative estimate of drug-likeness (QED) is 0.827. The number of benzene rings is 1. The van der Waals surface area contributed by atoms with Gasteiger partial charge in [0.1, 0.15) is 4.60 Å². The monoisotopic (exact) mass is 354 g/mol. The smallest absolute Gasteiger partial charge is 0.337 e. The number of hydrogen-bond acceptors (Lipinski definition) is 3. The molecule has 1 aromatic heterocycles. The highest BCUT2D eigenvalue weighted by Crippen LogP contribution is 2.21. The van der Waals surface area contributed by atoms with Gasteiger partial charge in [-0.3, -0.25) is 4.79 Å². The van der Waals surface area contributed by atoms with Crippen LogP contribution in [0.15, 0.2) is 41.1 Å². The maximum absolute atomic E-state index is 11.9. The van der Waals surface area contributed by atoms with Gasteiger partial charge >= 0.3 is 5.97 Å². The second kappa shape index (κ2) is 6.02. The van der Waals surface area contributed by atoms with E-state index >= 15 is 0 Å². The van der Waals surface area contributed by atoms with Crippen molar-refractivity contribution in [3.8, 4) is 0 Å². The Hall–Kier alpha value is -1.92. The Morgan fingerprint density at radius 3 is 2.55 bits per heavy atom. The zero-order chi connectivity index (χ0) is 14.7. The molecule has 5 nitrogen and oxygen atoms in total. The Balaban J connectivity index is 2.18. The first kappa shape index (κ1) is 14.5. The van der Waals surface area contributed by atoms with Gasteiger partial charge in [0.2, 0.25) is 0 Å². The van der Waals surface area contributed by atoms with E-state index in [0.717, 1.165) is 0 Å². The first-order valence-corrected chi connectivity index (χ1v) is 6.60. The van der Waals surface area contributed by atoms with Crippen molar-refractivity contribution in [3.05, 3.63) is 57.3 Å². The van der Waals surface area contributed by atoms with Crippen LogP contribution in [0, 0.1) is 0 Å². The van der Waals surface area contributed by atoms with E-state index < -0.39 is 5.97 Å². The first-order chi connectivity index (χ1) is 9.47. The van der Waals surface area contributed by atoms with Crippen LogP contribution in [0.3, 0.4) is 0 Å². The molecule has 102 valence electrons. The number of carbonyl (C=O) groups is 2. The summed E-state index contributed by atoms with van der Waals surface area (Å²) in [5.74, 6) is -1.48. The number of aromatic carboxylic acids is 1. The molecule has 0 aliphatic rings. The predicted octanol–water partition coefficient (Wildman–Crippen LogP) is 3.45. The summed E-state index contributed by atoms with van der Waals surface area (Å²) in [5.41, 5.74) is 0.773. The van der Waals surface area contributed by atoms with Crippen LogP contribution in [-0.2, 0) is 0 Å². The van der Waals surface area contributed by atoms with Gasteiger partial charge in [0.05, 0.1) is 16.1 Å². The summed E-state index contributed by atoms with van der Waals surface area (Å²) < 4.78 is 0.628. The standard InChI is InChI=1S/C13H8BrClN2O3/c14-11-4-1-7(6-16-11)12(18)17-8-2-3-9(13(19)20)10(15)5-8/h1-6H,(H,17,18)(H,19,20). The summed E-state index contributed by atoms with van der Waals surface area (Å²) in [5, 5.41) is 11.5. The number of carboxylic acid groups (broad SMARTS) is 1. The third kappa shape index (κ3) is 3.34. The lowest BCUT2D eigenvalue weighted by Gasteiger charge is -2.07. The number of anilines is 1. The Bertz CT molecular complexity index is 674. The molecule has 2 aromatic rings.